The maximum atomic E-state index is 3.49. The van der Waals surface area contributed by atoms with Gasteiger partial charge in [0.05, 0.1) is 6.54 Å². The lowest BCUT2D eigenvalue weighted by Gasteiger charge is -2.08. The van der Waals surface area contributed by atoms with Crippen LogP contribution in [0.2, 0.25) is 0 Å². The molecule has 2 heteroatoms. The lowest BCUT2D eigenvalue weighted by molar-refractivity contribution is 1.13. The third-order valence-corrected chi connectivity index (χ3v) is 3.32. The van der Waals surface area contributed by atoms with Crippen molar-refractivity contribution in [1.29, 1.82) is 0 Å². The monoisotopic (exact) mass is 313 g/mol. The average Bonchev–Trinajstić information content (AvgIpc) is 2.46. The van der Waals surface area contributed by atoms with E-state index in [9.17, 15) is 0 Å². The molecule has 0 aliphatic rings. The summed E-state index contributed by atoms with van der Waals surface area (Å²) in [7, 11) is 0. The van der Waals surface area contributed by atoms with Crippen molar-refractivity contribution in [3.63, 3.8) is 0 Å². The van der Waals surface area contributed by atoms with Crippen LogP contribution in [0.25, 0.3) is 0 Å². The molecule has 0 saturated heterocycles. The van der Waals surface area contributed by atoms with Crippen LogP contribution in [-0.2, 0) is 6.42 Å². The van der Waals surface area contributed by atoms with Crippen LogP contribution in [0, 0.1) is 11.8 Å². The molecule has 2 aromatic rings. The summed E-state index contributed by atoms with van der Waals surface area (Å²) in [5, 5.41) is 3.37. The molecule has 0 fully saturated rings. The highest BCUT2D eigenvalue weighted by atomic mass is 79.9. The highest BCUT2D eigenvalue weighted by Crippen LogP contribution is 2.21. The first-order valence-electron chi connectivity index (χ1n) is 6.36. The van der Waals surface area contributed by atoms with Crippen LogP contribution < -0.4 is 5.32 Å². The minimum atomic E-state index is 0.656. The molecule has 0 bridgehead atoms. The summed E-state index contributed by atoms with van der Waals surface area (Å²) in [6, 6.07) is 16.3. The zero-order chi connectivity index (χ0) is 13.5. The van der Waals surface area contributed by atoms with Gasteiger partial charge in [-0.3, -0.25) is 0 Å². The van der Waals surface area contributed by atoms with Gasteiger partial charge in [-0.05, 0) is 42.3 Å². The Kier molecular flexibility index (Phi) is 5.06. The quantitative estimate of drug-likeness (QED) is 0.824. The Morgan fingerprint density at radius 1 is 1.11 bits per heavy atom. The topological polar surface area (TPSA) is 12.0 Å². The number of hydrogen-bond acceptors (Lipinski definition) is 1. The van der Waals surface area contributed by atoms with E-state index in [1.54, 1.807) is 0 Å². The van der Waals surface area contributed by atoms with Gasteiger partial charge in [0.15, 0.2) is 0 Å². The fraction of sp³-hybridized carbons (Fsp3) is 0.176. The number of aryl methyl sites for hydroxylation is 1. The van der Waals surface area contributed by atoms with Crippen LogP contribution in [0.1, 0.15) is 18.1 Å². The molecule has 0 amide bonds. The maximum absolute atomic E-state index is 3.49. The maximum Gasteiger partial charge on any atom is 0.0769 e. The van der Waals surface area contributed by atoms with Crippen molar-refractivity contribution in [2.24, 2.45) is 0 Å². The van der Waals surface area contributed by atoms with Gasteiger partial charge in [0.25, 0.3) is 0 Å². The molecule has 1 N–H and O–H groups in total. The van der Waals surface area contributed by atoms with Gasteiger partial charge in [-0.25, -0.2) is 0 Å². The Labute approximate surface area is 123 Å². The second-order valence-corrected chi connectivity index (χ2v) is 5.09. The van der Waals surface area contributed by atoms with E-state index in [0.29, 0.717) is 6.54 Å². The zero-order valence-electron chi connectivity index (χ0n) is 10.9. The molecule has 0 radical (unpaired) electrons. The molecule has 0 aromatic heterocycles. The van der Waals surface area contributed by atoms with E-state index in [2.05, 4.69) is 52.1 Å². The van der Waals surface area contributed by atoms with Gasteiger partial charge in [-0.15, -0.1) is 0 Å². The van der Waals surface area contributed by atoms with E-state index in [1.807, 2.05) is 36.4 Å². The molecule has 96 valence electrons. The number of rotatable bonds is 3. The lowest BCUT2D eigenvalue weighted by atomic mass is 10.1. The molecule has 2 rings (SSSR count). The second-order valence-electron chi connectivity index (χ2n) is 4.18. The predicted molar refractivity (Wildman–Crippen MR) is 85.3 cm³/mol. The van der Waals surface area contributed by atoms with E-state index < -0.39 is 0 Å². The third-order valence-electron chi connectivity index (χ3n) is 2.82. The number of hydrogen-bond donors (Lipinski definition) is 1. The van der Waals surface area contributed by atoms with E-state index in [-0.39, 0.29) is 0 Å². The SMILES string of the molecule is CCc1cc(Br)ccc1NCC#Cc1ccccc1. The predicted octanol–water partition coefficient (Wildman–Crippen LogP) is 4.48. The number of anilines is 1. The molecule has 19 heavy (non-hydrogen) atoms. The summed E-state index contributed by atoms with van der Waals surface area (Å²) in [4.78, 5) is 0. The molecular weight excluding hydrogens is 298 g/mol. The van der Waals surface area contributed by atoms with Crippen LogP contribution >= 0.6 is 15.9 Å². The standard InChI is InChI=1S/C17H16BrN/c1-2-15-13-16(18)10-11-17(15)19-12-6-9-14-7-4-3-5-8-14/h3-5,7-8,10-11,13,19H,2,12H2,1H3. The molecule has 0 saturated carbocycles. The van der Waals surface area contributed by atoms with Gasteiger partial charge in [0.1, 0.15) is 0 Å². The molecule has 1 nitrogen and oxygen atoms in total. The highest BCUT2D eigenvalue weighted by molar-refractivity contribution is 9.10. The van der Waals surface area contributed by atoms with Crippen molar-refractivity contribution < 1.29 is 0 Å². The first-order valence-corrected chi connectivity index (χ1v) is 7.15. The average molecular weight is 314 g/mol. The largest absolute Gasteiger partial charge is 0.374 e. The van der Waals surface area contributed by atoms with Crippen LogP contribution in [0.5, 0.6) is 0 Å². The normalized spacial score (nSPS) is 9.58. The summed E-state index contributed by atoms with van der Waals surface area (Å²) in [5.74, 6) is 6.29. The zero-order valence-corrected chi connectivity index (χ0v) is 12.5. The summed E-state index contributed by atoms with van der Waals surface area (Å²) in [6.07, 6.45) is 1.01. The number of halogens is 1. The molecule has 2 aromatic carbocycles. The number of nitrogens with one attached hydrogen (secondary N) is 1. The molecule has 0 spiro atoms. The number of benzene rings is 2. The minimum Gasteiger partial charge on any atom is -0.374 e. The Balaban J connectivity index is 1.98. The van der Waals surface area contributed by atoms with Crippen LogP contribution in [0.4, 0.5) is 5.69 Å². The molecule has 0 heterocycles. The van der Waals surface area contributed by atoms with Gasteiger partial charge >= 0.3 is 0 Å². The minimum absolute atomic E-state index is 0.656. The van der Waals surface area contributed by atoms with Gasteiger partial charge in [-0.1, -0.05) is 52.9 Å². The summed E-state index contributed by atoms with van der Waals surface area (Å²) < 4.78 is 1.12. The van der Waals surface area contributed by atoms with Crippen molar-refractivity contribution in [3.05, 3.63) is 64.1 Å². The lowest BCUT2D eigenvalue weighted by Crippen LogP contribution is -2.01. The molecule has 0 aliphatic carbocycles. The third kappa shape index (κ3) is 4.15. The summed E-state index contributed by atoms with van der Waals surface area (Å²) >= 11 is 3.49. The Hall–Kier alpha value is -1.72. The van der Waals surface area contributed by atoms with Crippen LogP contribution in [0.3, 0.4) is 0 Å². The summed E-state index contributed by atoms with van der Waals surface area (Å²) in [5.41, 5.74) is 3.51. The van der Waals surface area contributed by atoms with Crippen molar-refractivity contribution in [2.45, 2.75) is 13.3 Å². The Bertz CT molecular complexity index is 594. The first-order chi connectivity index (χ1) is 9.29. The van der Waals surface area contributed by atoms with Gasteiger partial charge in [0, 0.05) is 15.7 Å². The van der Waals surface area contributed by atoms with Gasteiger partial charge in [-0.2, -0.15) is 0 Å². The molecule has 0 atom stereocenters. The highest BCUT2D eigenvalue weighted by Gasteiger charge is 1.99. The molecule has 0 unspecified atom stereocenters. The molecular formula is C17H16BrN. The summed E-state index contributed by atoms with van der Waals surface area (Å²) in [6.45, 7) is 2.81. The van der Waals surface area contributed by atoms with Crippen LogP contribution in [0.15, 0.2) is 53.0 Å². The van der Waals surface area contributed by atoms with Gasteiger partial charge < -0.3 is 5.32 Å². The van der Waals surface area contributed by atoms with Crippen molar-refractivity contribution in [1.82, 2.24) is 0 Å². The fourth-order valence-corrected chi connectivity index (χ4v) is 2.24. The Morgan fingerprint density at radius 3 is 2.63 bits per heavy atom. The van der Waals surface area contributed by atoms with Gasteiger partial charge in [0.2, 0.25) is 0 Å². The van der Waals surface area contributed by atoms with E-state index in [4.69, 9.17) is 0 Å². The van der Waals surface area contributed by atoms with E-state index in [1.165, 1.54) is 5.56 Å². The van der Waals surface area contributed by atoms with Crippen LogP contribution in [-0.4, -0.2) is 6.54 Å². The van der Waals surface area contributed by atoms with E-state index in [0.717, 1.165) is 22.1 Å². The van der Waals surface area contributed by atoms with Crippen molar-refractivity contribution in [2.75, 3.05) is 11.9 Å². The first kappa shape index (κ1) is 13.7. The smallest absolute Gasteiger partial charge is 0.0769 e. The van der Waals surface area contributed by atoms with Crippen molar-refractivity contribution >= 4 is 21.6 Å². The molecule has 0 aliphatic heterocycles. The second kappa shape index (κ2) is 7.01. The Morgan fingerprint density at radius 2 is 1.89 bits per heavy atom. The van der Waals surface area contributed by atoms with Crippen molar-refractivity contribution in [3.8, 4) is 11.8 Å². The fourth-order valence-electron chi connectivity index (χ4n) is 1.83. The van der Waals surface area contributed by atoms with E-state index >= 15 is 0 Å².